The van der Waals surface area contributed by atoms with Gasteiger partial charge in [0, 0.05) is 21.3 Å². The van der Waals surface area contributed by atoms with E-state index in [-0.39, 0.29) is 4.90 Å². The van der Waals surface area contributed by atoms with Crippen LogP contribution in [0.1, 0.15) is 5.56 Å². The highest BCUT2D eigenvalue weighted by molar-refractivity contribution is 7.92. The van der Waals surface area contributed by atoms with E-state index >= 15 is 0 Å². The van der Waals surface area contributed by atoms with Crippen molar-refractivity contribution in [3.8, 4) is 0 Å². The van der Waals surface area contributed by atoms with Crippen molar-refractivity contribution in [3.05, 3.63) is 75.5 Å². The van der Waals surface area contributed by atoms with Crippen molar-refractivity contribution in [2.75, 3.05) is 4.72 Å². The van der Waals surface area contributed by atoms with E-state index in [1.807, 2.05) is 0 Å². The summed E-state index contributed by atoms with van der Waals surface area (Å²) in [6.07, 6.45) is 3.01. The van der Waals surface area contributed by atoms with Crippen LogP contribution in [0.2, 0.25) is 15.1 Å². The molecule has 1 aromatic heterocycles. The summed E-state index contributed by atoms with van der Waals surface area (Å²) in [7, 11) is -3.71. The Bertz CT molecular complexity index is 1000. The van der Waals surface area contributed by atoms with Crippen molar-refractivity contribution < 1.29 is 8.42 Å². The predicted octanol–water partition coefficient (Wildman–Crippen LogP) is 4.69. The summed E-state index contributed by atoms with van der Waals surface area (Å²) in [5.41, 5.74) is 1.17. The molecule has 0 aliphatic carbocycles. The Morgan fingerprint density at radius 2 is 1.68 bits per heavy atom. The van der Waals surface area contributed by atoms with E-state index in [4.69, 9.17) is 34.8 Å². The van der Waals surface area contributed by atoms with Crippen LogP contribution in [0.5, 0.6) is 0 Å². The molecule has 0 spiro atoms. The summed E-state index contributed by atoms with van der Waals surface area (Å²) in [5, 5.41) is 5.68. The molecule has 2 aromatic carbocycles. The van der Waals surface area contributed by atoms with Gasteiger partial charge < -0.3 is 0 Å². The smallest absolute Gasteiger partial charge is 0.261 e. The Hall–Kier alpha value is -1.73. The monoisotopic (exact) mass is 415 g/mol. The number of sulfonamides is 1. The number of benzene rings is 2. The number of nitrogens with one attached hydrogen (secondary N) is 1. The van der Waals surface area contributed by atoms with Crippen molar-refractivity contribution in [3.63, 3.8) is 0 Å². The highest BCUT2D eigenvalue weighted by Crippen LogP contribution is 2.22. The van der Waals surface area contributed by atoms with Crippen LogP contribution in [0.15, 0.2) is 59.8 Å². The Balaban J connectivity index is 1.76. The molecule has 25 heavy (non-hydrogen) atoms. The first-order chi connectivity index (χ1) is 11.8. The molecule has 9 heteroatoms. The zero-order chi connectivity index (χ0) is 18.0. The van der Waals surface area contributed by atoms with Gasteiger partial charge in [0.2, 0.25) is 0 Å². The van der Waals surface area contributed by atoms with E-state index in [1.165, 1.54) is 30.5 Å². The van der Waals surface area contributed by atoms with Crippen molar-refractivity contribution in [2.45, 2.75) is 11.4 Å². The minimum atomic E-state index is -3.71. The second-order valence-electron chi connectivity index (χ2n) is 5.22. The fraction of sp³-hybridized carbons (Fsp3) is 0.0625. The number of aromatic nitrogens is 2. The van der Waals surface area contributed by atoms with Crippen molar-refractivity contribution >= 4 is 50.5 Å². The molecule has 5 nitrogen and oxygen atoms in total. The van der Waals surface area contributed by atoms with Gasteiger partial charge >= 0.3 is 0 Å². The number of anilines is 1. The molecule has 1 N–H and O–H groups in total. The van der Waals surface area contributed by atoms with Crippen molar-refractivity contribution in [2.24, 2.45) is 0 Å². The Morgan fingerprint density at radius 3 is 2.36 bits per heavy atom. The van der Waals surface area contributed by atoms with Gasteiger partial charge in [-0.05, 0) is 42.0 Å². The maximum atomic E-state index is 12.3. The number of rotatable bonds is 5. The third-order valence-corrected chi connectivity index (χ3v) is 5.59. The van der Waals surface area contributed by atoms with Crippen LogP contribution in [0, 0.1) is 0 Å². The van der Waals surface area contributed by atoms with Crippen LogP contribution in [0.4, 0.5) is 5.69 Å². The number of halogens is 3. The summed E-state index contributed by atoms with van der Waals surface area (Å²) in [6, 6.07) is 11.1. The molecule has 130 valence electrons. The average molecular weight is 417 g/mol. The fourth-order valence-electron chi connectivity index (χ4n) is 2.16. The van der Waals surface area contributed by atoms with Gasteiger partial charge in [-0.15, -0.1) is 0 Å². The second kappa shape index (κ2) is 7.25. The zero-order valence-corrected chi connectivity index (χ0v) is 15.7. The number of nitrogens with zero attached hydrogens (tertiary/aromatic N) is 2. The lowest BCUT2D eigenvalue weighted by atomic mass is 10.2. The summed E-state index contributed by atoms with van der Waals surface area (Å²) < 4.78 is 28.7. The maximum Gasteiger partial charge on any atom is 0.261 e. The zero-order valence-electron chi connectivity index (χ0n) is 12.7. The summed E-state index contributed by atoms with van der Waals surface area (Å²) >= 11 is 17.8. The van der Waals surface area contributed by atoms with Gasteiger partial charge in [-0.1, -0.05) is 40.9 Å². The standard InChI is InChI=1S/C16H12Cl3N3O2S/c17-12-3-5-15(6-4-12)25(23,24)21-14-8-20-22(10-14)9-11-1-2-13(18)7-16(11)19/h1-8,10,21H,9H2. The first kappa shape index (κ1) is 18.1. The first-order valence-electron chi connectivity index (χ1n) is 7.08. The van der Waals surface area contributed by atoms with Gasteiger partial charge in [0.15, 0.2) is 0 Å². The average Bonchev–Trinajstić information content (AvgIpc) is 2.97. The molecule has 0 saturated carbocycles. The van der Waals surface area contributed by atoms with Gasteiger partial charge in [-0.2, -0.15) is 5.10 Å². The molecule has 0 amide bonds. The van der Waals surface area contributed by atoms with Gasteiger partial charge in [0.1, 0.15) is 0 Å². The minimum Gasteiger partial charge on any atom is -0.276 e. The Morgan fingerprint density at radius 1 is 1.00 bits per heavy atom. The SMILES string of the molecule is O=S(=O)(Nc1cnn(Cc2ccc(Cl)cc2Cl)c1)c1ccc(Cl)cc1. The van der Waals surface area contributed by atoms with E-state index in [0.717, 1.165) is 5.56 Å². The van der Waals surface area contributed by atoms with Crippen LogP contribution in [0.3, 0.4) is 0 Å². The third kappa shape index (κ3) is 4.46. The van der Waals surface area contributed by atoms with Crippen LogP contribution >= 0.6 is 34.8 Å². The van der Waals surface area contributed by atoms with Gasteiger partial charge in [-0.25, -0.2) is 8.42 Å². The minimum absolute atomic E-state index is 0.116. The molecule has 0 bridgehead atoms. The molecule has 3 rings (SSSR count). The first-order valence-corrected chi connectivity index (χ1v) is 9.70. The molecule has 0 saturated heterocycles. The fourth-order valence-corrected chi connectivity index (χ4v) is 3.78. The Labute approximate surface area is 160 Å². The number of hydrogen-bond donors (Lipinski definition) is 1. The largest absolute Gasteiger partial charge is 0.276 e. The van der Waals surface area contributed by atoms with Crippen molar-refractivity contribution in [1.29, 1.82) is 0 Å². The summed E-state index contributed by atoms with van der Waals surface area (Å²) in [4.78, 5) is 0.116. The normalized spacial score (nSPS) is 11.5. The molecule has 0 fully saturated rings. The predicted molar refractivity (Wildman–Crippen MR) is 100 cm³/mol. The molecule has 1 heterocycles. The lowest BCUT2D eigenvalue weighted by Gasteiger charge is -2.06. The van der Waals surface area contributed by atoms with E-state index in [9.17, 15) is 8.42 Å². The molecule has 0 aliphatic heterocycles. The number of hydrogen-bond acceptors (Lipinski definition) is 3. The summed E-state index contributed by atoms with van der Waals surface area (Å²) in [6.45, 7) is 0.388. The molecular formula is C16H12Cl3N3O2S. The highest BCUT2D eigenvalue weighted by atomic mass is 35.5. The molecule has 0 atom stereocenters. The quantitative estimate of drug-likeness (QED) is 0.656. The molecule has 0 unspecified atom stereocenters. The molecular weight excluding hydrogens is 405 g/mol. The van der Waals surface area contributed by atoms with Crippen LogP contribution in [0.25, 0.3) is 0 Å². The molecule has 0 aliphatic rings. The van der Waals surface area contributed by atoms with E-state index in [0.29, 0.717) is 27.3 Å². The van der Waals surface area contributed by atoms with E-state index in [1.54, 1.807) is 29.1 Å². The maximum absolute atomic E-state index is 12.3. The van der Waals surface area contributed by atoms with Gasteiger partial charge in [-0.3, -0.25) is 9.40 Å². The summed E-state index contributed by atoms with van der Waals surface area (Å²) in [5.74, 6) is 0. The third-order valence-electron chi connectivity index (χ3n) is 3.36. The van der Waals surface area contributed by atoms with Gasteiger partial charge in [0.25, 0.3) is 10.0 Å². The lowest BCUT2D eigenvalue weighted by molar-refractivity contribution is 0.601. The van der Waals surface area contributed by atoms with E-state index < -0.39 is 10.0 Å². The van der Waals surface area contributed by atoms with Crippen LogP contribution in [-0.4, -0.2) is 18.2 Å². The molecule has 0 radical (unpaired) electrons. The van der Waals surface area contributed by atoms with Gasteiger partial charge in [0.05, 0.1) is 23.3 Å². The molecule has 3 aromatic rings. The lowest BCUT2D eigenvalue weighted by Crippen LogP contribution is -2.12. The van der Waals surface area contributed by atoms with E-state index in [2.05, 4.69) is 9.82 Å². The highest BCUT2D eigenvalue weighted by Gasteiger charge is 2.15. The van der Waals surface area contributed by atoms with Crippen LogP contribution < -0.4 is 4.72 Å². The Kier molecular flexibility index (Phi) is 5.24. The van der Waals surface area contributed by atoms with Crippen molar-refractivity contribution in [1.82, 2.24) is 9.78 Å². The van der Waals surface area contributed by atoms with Crippen LogP contribution in [-0.2, 0) is 16.6 Å². The second-order valence-corrected chi connectivity index (χ2v) is 8.18. The topological polar surface area (TPSA) is 64.0 Å².